The maximum atomic E-state index is 12.6. The third-order valence-electron chi connectivity index (χ3n) is 5.48. The Kier molecular flexibility index (Phi) is 5.64. The Morgan fingerprint density at radius 1 is 1.03 bits per heavy atom. The van der Waals surface area contributed by atoms with Crippen LogP contribution in [0.5, 0.6) is 0 Å². The van der Waals surface area contributed by atoms with Gasteiger partial charge in [0, 0.05) is 50.2 Å². The molecular weight excluding hydrogens is 364 g/mol. The van der Waals surface area contributed by atoms with Gasteiger partial charge >= 0.3 is 0 Å². The lowest BCUT2D eigenvalue weighted by Crippen LogP contribution is -2.64. The van der Waals surface area contributed by atoms with Crippen molar-refractivity contribution in [2.45, 2.75) is 18.0 Å². The van der Waals surface area contributed by atoms with Crippen LogP contribution in [0.25, 0.3) is 11.1 Å². The molecule has 0 radical (unpaired) electrons. The number of aromatic nitrogens is 2. The number of nitrogens with zero attached hydrogens (tertiary/aromatic N) is 3. The first kappa shape index (κ1) is 19.2. The van der Waals surface area contributed by atoms with Crippen molar-refractivity contribution in [1.82, 2.24) is 20.2 Å². The number of carbonyl (C=O) groups excluding carboxylic acids is 1. The fourth-order valence-electron chi connectivity index (χ4n) is 3.94. The first-order valence-corrected chi connectivity index (χ1v) is 9.71. The molecule has 0 unspecified atom stereocenters. The van der Waals surface area contributed by atoms with Crippen LogP contribution in [-0.4, -0.2) is 58.2 Å². The highest BCUT2D eigenvalue weighted by molar-refractivity contribution is 5.92. The number of aliphatic hydroxyl groups is 1. The maximum absolute atomic E-state index is 12.6. The number of nitrogens with one attached hydrogen (secondary N) is 1. The highest BCUT2D eigenvalue weighted by Crippen LogP contribution is 2.33. The van der Waals surface area contributed by atoms with Gasteiger partial charge in [-0.1, -0.05) is 36.4 Å². The third kappa shape index (κ3) is 4.04. The fourth-order valence-corrected chi connectivity index (χ4v) is 3.94. The first-order chi connectivity index (χ1) is 14.2. The van der Waals surface area contributed by atoms with Crippen LogP contribution >= 0.6 is 0 Å². The highest BCUT2D eigenvalue weighted by atomic mass is 16.3. The molecule has 0 bridgehead atoms. The molecule has 2 N–H and O–H groups in total. The summed E-state index contributed by atoms with van der Waals surface area (Å²) < 4.78 is 0. The highest BCUT2D eigenvalue weighted by Gasteiger charge is 2.41. The Morgan fingerprint density at radius 3 is 2.52 bits per heavy atom. The molecule has 1 aliphatic rings. The van der Waals surface area contributed by atoms with Crippen molar-refractivity contribution < 1.29 is 9.90 Å². The number of benzene rings is 1. The fraction of sp³-hybridized carbons (Fsp3) is 0.261. The molecule has 2 aromatic heterocycles. The van der Waals surface area contributed by atoms with E-state index in [-0.39, 0.29) is 30.5 Å². The molecular formula is C23H24N4O2. The number of aliphatic hydroxyl groups excluding tert-OH is 1. The Morgan fingerprint density at radius 2 is 1.86 bits per heavy atom. The van der Waals surface area contributed by atoms with Crippen LogP contribution in [0.4, 0.5) is 0 Å². The van der Waals surface area contributed by atoms with Gasteiger partial charge in [-0.25, -0.2) is 0 Å². The quantitative estimate of drug-likeness (QED) is 0.678. The minimum atomic E-state index is -0.106. The van der Waals surface area contributed by atoms with Crippen molar-refractivity contribution in [2.75, 3.05) is 20.2 Å². The van der Waals surface area contributed by atoms with E-state index < -0.39 is 0 Å². The van der Waals surface area contributed by atoms with E-state index in [4.69, 9.17) is 0 Å². The van der Waals surface area contributed by atoms with Gasteiger partial charge in [0.25, 0.3) is 5.91 Å². The van der Waals surface area contributed by atoms with E-state index in [1.165, 1.54) is 0 Å². The van der Waals surface area contributed by atoms with Crippen molar-refractivity contribution in [2.24, 2.45) is 0 Å². The van der Waals surface area contributed by atoms with Crippen LogP contribution in [0.1, 0.15) is 22.0 Å². The van der Waals surface area contributed by atoms with Crippen LogP contribution in [0.3, 0.4) is 0 Å². The van der Waals surface area contributed by atoms with E-state index in [1.54, 1.807) is 36.5 Å². The zero-order valence-corrected chi connectivity index (χ0v) is 16.3. The second-order valence-electron chi connectivity index (χ2n) is 7.35. The van der Waals surface area contributed by atoms with Gasteiger partial charge in [-0.2, -0.15) is 0 Å². The molecule has 1 aliphatic heterocycles. The zero-order valence-electron chi connectivity index (χ0n) is 16.3. The zero-order chi connectivity index (χ0) is 20.2. The molecule has 3 atom stereocenters. The predicted molar refractivity (Wildman–Crippen MR) is 111 cm³/mol. The Labute approximate surface area is 170 Å². The van der Waals surface area contributed by atoms with E-state index in [0.717, 1.165) is 16.7 Å². The van der Waals surface area contributed by atoms with E-state index in [2.05, 4.69) is 39.6 Å². The summed E-state index contributed by atoms with van der Waals surface area (Å²) in [6.45, 7) is 0.602. The summed E-state index contributed by atoms with van der Waals surface area (Å²) in [7, 11) is 1.79. The normalized spacial score (nSPS) is 20.7. The number of likely N-dealkylation sites (N-methyl/N-ethyl adjacent to an activating group) is 1. The molecule has 3 aromatic rings. The van der Waals surface area contributed by atoms with Gasteiger partial charge in [0.1, 0.15) is 5.69 Å². The summed E-state index contributed by atoms with van der Waals surface area (Å²) in [6, 6.07) is 17.7. The predicted octanol–water partition coefficient (Wildman–Crippen LogP) is 2.33. The van der Waals surface area contributed by atoms with Crippen molar-refractivity contribution >= 4 is 5.91 Å². The molecule has 1 saturated heterocycles. The van der Waals surface area contributed by atoms with Crippen molar-refractivity contribution in [3.63, 3.8) is 0 Å². The Bertz CT molecular complexity index is 948. The number of pyridine rings is 2. The summed E-state index contributed by atoms with van der Waals surface area (Å²) in [6.07, 6.45) is 5.23. The van der Waals surface area contributed by atoms with Gasteiger partial charge in [-0.3, -0.25) is 14.8 Å². The lowest BCUT2D eigenvalue weighted by molar-refractivity contribution is 0.0678. The smallest absolute Gasteiger partial charge is 0.272 e. The second kappa shape index (κ2) is 8.51. The molecule has 1 amide bonds. The van der Waals surface area contributed by atoms with E-state index in [1.807, 2.05) is 24.4 Å². The average Bonchev–Trinajstić information content (AvgIpc) is 2.77. The lowest BCUT2D eigenvalue weighted by atomic mass is 9.77. The van der Waals surface area contributed by atoms with Crippen LogP contribution < -0.4 is 5.32 Å². The van der Waals surface area contributed by atoms with Gasteiger partial charge in [0.05, 0.1) is 6.61 Å². The van der Waals surface area contributed by atoms with Crippen LogP contribution in [0.2, 0.25) is 0 Å². The van der Waals surface area contributed by atoms with Crippen molar-refractivity contribution in [1.29, 1.82) is 0 Å². The first-order valence-electron chi connectivity index (χ1n) is 9.71. The minimum Gasteiger partial charge on any atom is -0.395 e. The molecule has 1 aromatic carbocycles. The molecule has 29 heavy (non-hydrogen) atoms. The monoisotopic (exact) mass is 388 g/mol. The van der Waals surface area contributed by atoms with Gasteiger partial charge in [-0.05, 0) is 34.9 Å². The molecule has 6 heteroatoms. The van der Waals surface area contributed by atoms with Gasteiger partial charge in [-0.15, -0.1) is 0 Å². The average molecular weight is 388 g/mol. The van der Waals surface area contributed by atoms with Crippen LogP contribution in [-0.2, 0) is 0 Å². The minimum absolute atomic E-state index is 0.0115. The molecule has 6 nitrogen and oxygen atoms in total. The Balaban J connectivity index is 1.47. The molecule has 1 fully saturated rings. The third-order valence-corrected chi connectivity index (χ3v) is 5.48. The summed E-state index contributed by atoms with van der Waals surface area (Å²) in [5, 5.41) is 13.1. The number of hydrogen-bond donors (Lipinski definition) is 2. The molecule has 3 heterocycles. The molecule has 148 valence electrons. The van der Waals surface area contributed by atoms with Gasteiger partial charge in [0.15, 0.2) is 0 Å². The topological polar surface area (TPSA) is 78.4 Å². The van der Waals surface area contributed by atoms with E-state index in [9.17, 15) is 9.90 Å². The molecule has 0 spiro atoms. The van der Waals surface area contributed by atoms with Crippen LogP contribution in [0.15, 0.2) is 73.2 Å². The SMILES string of the molecule is CN(C[C@@H]1N[C@H](CO)[C@@H]1c1ccc(-c2cccnc2)cc1)C(=O)c1ccccn1. The molecule has 0 saturated carbocycles. The standard InChI is InChI=1S/C23H24N4O2/c1-27(23(29)19-6-2-3-12-25-19)14-20-22(21(15-28)26-20)17-9-7-16(8-10-17)18-5-4-11-24-13-18/h2-13,20-22,26,28H,14-15H2,1H3/t20-,21+,22+/m0/s1. The van der Waals surface area contributed by atoms with Crippen LogP contribution in [0, 0.1) is 0 Å². The number of hydrogen-bond acceptors (Lipinski definition) is 5. The number of amides is 1. The maximum Gasteiger partial charge on any atom is 0.272 e. The summed E-state index contributed by atoms with van der Waals surface area (Å²) in [5.41, 5.74) is 3.76. The largest absolute Gasteiger partial charge is 0.395 e. The van der Waals surface area contributed by atoms with Crippen molar-refractivity contribution in [3.05, 3.63) is 84.4 Å². The van der Waals surface area contributed by atoms with E-state index >= 15 is 0 Å². The van der Waals surface area contributed by atoms with E-state index in [0.29, 0.717) is 12.2 Å². The van der Waals surface area contributed by atoms with Gasteiger partial charge < -0.3 is 15.3 Å². The second-order valence-corrected chi connectivity index (χ2v) is 7.35. The molecule has 0 aliphatic carbocycles. The summed E-state index contributed by atoms with van der Waals surface area (Å²) >= 11 is 0. The van der Waals surface area contributed by atoms with Crippen molar-refractivity contribution in [3.8, 4) is 11.1 Å². The lowest BCUT2D eigenvalue weighted by Gasteiger charge is -2.47. The number of rotatable bonds is 6. The summed E-state index contributed by atoms with van der Waals surface area (Å²) in [4.78, 5) is 22.6. The Hall–Kier alpha value is -3.09. The molecule has 4 rings (SSSR count). The summed E-state index contributed by atoms with van der Waals surface area (Å²) in [5.74, 6) is 0.0347. The van der Waals surface area contributed by atoms with Gasteiger partial charge in [0.2, 0.25) is 0 Å². The number of carbonyl (C=O) groups is 1.